The number of hydrogen-bond acceptors (Lipinski definition) is 3. The SMILES string of the molecule is Nc1ncnc2c1c(I)cn2C1(CF)CC1. The highest BCUT2D eigenvalue weighted by Gasteiger charge is 2.46. The molecule has 0 bridgehead atoms. The van der Waals surface area contributed by atoms with Crippen molar-refractivity contribution in [2.24, 2.45) is 0 Å². The fraction of sp³-hybridized carbons (Fsp3) is 0.400. The Morgan fingerprint density at radius 2 is 2.25 bits per heavy atom. The molecule has 0 aliphatic heterocycles. The zero-order valence-electron chi connectivity index (χ0n) is 8.45. The van der Waals surface area contributed by atoms with E-state index in [1.54, 1.807) is 0 Å². The summed E-state index contributed by atoms with van der Waals surface area (Å²) in [5.41, 5.74) is 6.18. The molecule has 6 heteroatoms. The van der Waals surface area contributed by atoms with Gasteiger partial charge in [-0.05, 0) is 35.4 Å². The van der Waals surface area contributed by atoms with Gasteiger partial charge in [0.2, 0.25) is 0 Å². The fourth-order valence-corrected chi connectivity index (χ4v) is 2.78. The van der Waals surface area contributed by atoms with Gasteiger partial charge in [0, 0.05) is 9.77 Å². The van der Waals surface area contributed by atoms with E-state index in [1.165, 1.54) is 6.33 Å². The largest absolute Gasteiger partial charge is 0.383 e. The fourth-order valence-electron chi connectivity index (χ4n) is 1.99. The van der Waals surface area contributed by atoms with Crippen LogP contribution in [-0.4, -0.2) is 21.2 Å². The molecule has 0 amide bonds. The molecule has 0 spiro atoms. The van der Waals surface area contributed by atoms with Gasteiger partial charge in [0.15, 0.2) is 0 Å². The quantitative estimate of drug-likeness (QED) is 0.857. The molecule has 1 aliphatic rings. The van der Waals surface area contributed by atoms with Crippen LogP contribution in [-0.2, 0) is 5.54 Å². The van der Waals surface area contributed by atoms with Crippen molar-refractivity contribution in [3.05, 3.63) is 16.1 Å². The number of hydrogen-bond donors (Lipinski definition) is 1. The van der Waals surface area contributed by atoms with E-state index in [2.05, 4.69) is 32.6 Å². The van der Waals surface area contributed by atoms with Crippen molar-refractivity contribution >= 4 is 39.4 Å². The average molecular weight is 332 g/mol. The standard InChI is InChI=1S/C10H10FIN4/c11-4-10(1-2-10)16-3-6(12)7-8(13)14-5-15-9(7)16/h3,5H,1-2,4H2,(H2,13,14,15). The first kappa shape index (κ1) is 10.2. The van der Waals surface area contributed by atoms with Crippen LogP contribution in [0.2, 0.25) is 0 Å². The highest BCUT2D eigenvalue weighted by molar-refractivity contribution is 14.1. The minimum absolute atomic E-state index is 0.350. The topological polar surface area (TPSA) is 56.7 Å². The second-order valence-corrected chi connectivity index (χ2v) is 5.32. The van der Waals surface area contributed by atoms with Crippen molar-refractivity contribution in [3.63, 3.8) is 0 Å². The first-order valence-electron chi connectivity index (χ1n) is 5.01. The zero-order valence-corrected chi connectivity index (χ0v) is 10.6. The van der Waals surface area contributed by atoms with Crippen LogP contribution in [0.15, 0.2) is 12.5 Å². The number of fused-ring (bicyclic) bond motifs is 1. The van der Waals surface area contributed by atoms with Gasteiger partial charge in [-0.25, -0.2) is 14.4 Å². The van der Waals surface area contributed by atoms with Gasteiger partial charge in [-0.1, -0.05) is 0 Å². The Labute approximate surface area is 105 Å². The van der Waals surface area contributed by atoms with Crippen molar-refractivity contribution in [3.8, 4) is 0 Å². The Kier molecular flexibility index (Phi) is 2.10. The Balaban J connectivity index is 2.31. The first-order chi connectivity index (χ1) is 7.68. The smallest absolute Gasteiger partial charge is 0.147 e. The van der Waals surface area contributed by atoms with E-state index in [-0.39, 0.29) is 12.2 Å². The van der Waals surface area contributed by atoms with Crippen LogP contribution in [0.5, 0.6) is 0 Å². The normalized spacial score (nSPS) is 17.9. The summed E-state index contributed by atoms with van der Waals surface area (Å²) >= 11 is 2.19. The third-order valence-electron chi connectivity index (χ3n) is 3.15. The molecule has 4 nitrogen and oxygen atoms in total. The summed E-state index contributed by atoms with van der Waals surface area (Å²) in [6.45, 7) is -0.350. The van der Waals surface area contributed by atoms with Gasteiger partial charge in [0.1, 0.15) is 24.5 Å². The summed E-state index contributed by atoms with van der Waals surface area (Å²) < 4.78 is 16.0. The lowest BCUT2D eigenvalue weighted by molar-refractivity contribution is 0.342. The molecule has 0 aromatic carbocycles. The number of halogens is 2. The van der Waals surface area contributed by atoms with Gasteiger partial charge in [-0.2, -0.15) is 0 Å². The summed E-state index contributed by atoms with van der Waals surface area (Å²) in [5.74, 6) is 0.461. The molecule has 1 aliphatic carbocycles. The highest BCUT2D eigenvalue weighted by Crippen LogP contribution is 2.46. The van der Waals surface area contributed by atoms with Crippen LogP contribution < -0.4 is 5.73 Å². The number of aromatic nitrogens is 3. The lowest BCUT2D eigenvalue weighted by Gasteiger charge is -2.13. The molecular weight excluding hydrogens is 322 g/mol. The lowest BCUT2D eigenvalue weighted by atomic mass is 10.3. The van der Waals surface area contributed by atoms with Crippen LogP contribution in [0.25, 0.3) is 11.0 Å². The Hall–Kier alpha value is -0.920. The van der Waals surface area contributed by atoms with Crippen LogP contribution >= 0.6 is 22.6 Å². The van der Waals surface area contributed by atoms with Crippen molar-refractivity contribution in [1.82, 2.24) is 14.5 Å². The summed E-state index contributed by atoms with van der Waals surface area (Å²) in [7, 11) is 0. The molecule has 3 rings (SSSR count). The molecule has 1 saturated carbocycles. The van der Waals surface area contributed by atoms with E-state index in [9.17, 15) is 4.39 Å². The summed E-state index contributed by atoms with van der Waals surface area (Å²) in [6.07, 6.45) is 5.09. The predicted molar refractivity (Wildman–Crippen MR) is 67.8 cm³/mol. The average Bonchev–Trinajstić information content (AvgIpc) is 2.99. The second kappa shape index (κ2) is 3.28. The van der Waals surface area contributed by atoms with Crippen LogP contribution in [0, 0.1) is 3.57 Å². The maximum Gasteiger partial charge on any atom is 0.147 e. The molecule has 84 valence electrons. The lowest BCUT2D eigenvalue weighted by Crippen LogP contribution is -2.18. The Morgan fingerprint density at radius 1 is 1.50 bits per heavy atom. The zero-order chi connectivity index (χ0) is 11.3. The number of alkyl halides is 1. The van der Waals surface area contributed by atoms with Gasteiger partial charge >= 0.3 is 0 Å². The summed E-state index contributed by atoms with van der Waals surface area (Å²) in [6, 6.07) is 0. The maximum atomic E-state index is 13.1. The number of rotatable bonds is 2. The summed E-state index contributed by atoms with van der Waals surface area (Å²) in [5, 5.41) is 0.836. The third kappa shape index (κ3) is 1.25. The predicted octanol–water partition coefficient (Wildman–Crippen LogP) is 2.08. The number of anilines is 1. The Bertz CT molecular complexity index is 561. The minimum Gasteiger partial charge on any atom is -0.383 e. The minimum atomic E-state index is -0.373. The maximum absolute atomic E-state index is 13.1. The molecule has 1 fully saturated rings. The molecule has 2 heterocycles. The summed E-state index contributed by atoms with van der Waals surface area (Å²) in [4.78, 5) is 8.18. The van der Waals surface area contributed by atoms with Gasteiger partial charge < -0.3 is 10.3 Å². The second-order valence-electron chi connectivity index (χ2n) is 4.16. The van der Waals surface area contributed by atoms with Crippen LogP contribution in [0.1, 0.15) is 12.8 Å². The molecule has 2 aromatic rings. The number of nitrogen functional groups attached to an aromatic ring is 1. The van der Waals surface area contributed by atoms with Crippen LogP contribution in [0.4, 0.5) is 10.2 Å². The molecular formula is C10H10FIN4. The van der Waals surface area contributed by atoms with E-state index in [4.69, 9.17) is 5.73 Å². The van der Waals surface area contributed by atoms with Gasteiger partial charge in [0.25, 0.3) is 0 Å². The van der Waals surface area contributed by atoms with E-state index in [0.29, 0.717) is 5.82 Å². The molecule has 0 saturated heterocycles. The van der Waals surface area contributed by atoms with Gasteiger partial charge in [-0.15, -0.1) is 0 Å². The van der Waals surface area contributed by atoms with Crippen molar-refractivity contribution in [2.75, 3.05) is 12.4 Å². The third-order valence-corrected chi connectivity index (χ3v) is 3.97. The van der Waals surface area contributed by atoms with E-state index in [0.717, 1.165) is 27.4 Å². The molecule has 0 radical (unpaired) electrons. The van der Waals surface area contributed by atoms with Gasteiger partial charge in [-0.3, -0.25) is 0 Å². The monoisotopic (exact) mass is 332 g/mol. The molecule has 2 N–H and O–H groups in total. The van der Waals surface area contributed by atoms with E-state index in [1.807, 2.05) is 10.8 Å². The highest BCUT2D eigenvalue weighted by atomic mass is 127. The van der Waals surface area contributed by atoms with Crippen molar-refractivity contribution in [2.45, 2.75) is 18.4 Å². The molecule has 0 unspecified atom stereocenters. The molecule has 2 aromatic heterocycles. The molecule has 16 heavy (non-hydrogen) atoms. The number of nitrogens with two attached hydrogens (primary N) is 1. The van der Waals surface area contributed by atoms with Crippen LogP contribution in [0.3, 0.4) is 0 Å². The molecule has 0 atom stereocenters. The number of nitrogens with zero attached hydrogens (tertiary/aromatic N) is 3. The van der Waals surface area contributed by atoms with E-state index < -0.39 is 0 Å². The first-order valence-corrected chi connectivity index (χ1v) is 6.09. The Morgan fingerprint density at radius 3 is 2.88 bits per heavy atom. The van der Waals surface area contributed by atoms with Crippen molar-refractivity contribution in [1.29, 1.82) is 0 Å². The van der Waals surface area contributed by atoms with E-state index >= 15 is 0 Å². The van der Waals surface area contributed by atoms with Crippen molar-refractivity contribution < 1.29 is 4.39 Å². The van der Waals surface area contributed by atoms with Gasteiger partial charge in [0.05, 0.1) is 10.9 Å².